The van der Waals surface area contributed by atoms with Gasteiger partial charge in [0.1, 0.15) is 0 Å². The lowest BCUT2D eigenvalue weighted by atomic mass is 10.2. The smallest absolute Gasteiger partial charge is 0.317 e. The van der Waals surface area contributed by atoms with Gasteiger partial charge in [0.25, 0.3) is 0 Å². The van der Waals surface area contributed by atoms with Crippen molar-refractivity contribution >= 4 is 11.9 Å². The largest absolute Gasteiger partial charge is 0.480 e. The lowest BCUT2D eigenvalue weighted by molar-refractivity contribution is -0.142. The Labute approximate surface area is 82.3 Å². The molecule has 1 aliphatic carbocycles. The average Bonchev–Trinajstić information content (AvgIpc) is 2.52. The summed E-state index contributed by atoms with van der Waals surface area (Å²) >= 11 is 0. The molecule has 0 amide bonds. The van der Waals surface area contributed by atoms with Crippen LogP contribution in [0.15, 0.2) is 0 Å². The molecule has 1 fully saturated rings. The van der Waals surface area contributed by atoms with Gasteiger partial charge in [0.15, 0.2) is 0 Å². The van der Waals surface area contributed by atoms with E-state index >= 15 is 0 Å². The number of hydrogen-bond acceptors (Lipinski definition) is 3. The Bertz CT molecular complexity index is 207. The summed E-state index contributed by atoms with van der Waals surface area (Å²) in [5, 5.41) is 17.2. The maximum atomic E-state index is 10.5. The van der Waals surface area contributed by atoms with Gasteiger partial charge in [-0.25, -0.2) is 0 Å². The molecule has 0 atom stereocenters. The predicted molar refractivity (Wildman–Crippen MR) is 49.1 cm³/mol. The maximum Gasteiger partial charge on any atom is 0.317 e. The highest BCUT2D eigenvalue weighted by Crippen LogP contribution is 2.22. The van der Waals surface area contributed by atoms with E-state index < -0.39 is 11.9 Å². The predicted octanol–water partition coefficient (Wildman–Crippen LogP) is 0.400. The number of rotatable bonds is 5. The van der Waals surface area contributed by atoms with Crippen LogP contribution in [0.3, 0.4) is 0 Å². The molecule has 2 N–H and O–H groups in total. The fourth-order valence-corrected chi connectivity index (χ4v) is 1.93. The molecule has 80 valence electrons. The average molecular weight is 201 g/mol. The first-order valence-corrected chi connectivity index (χ1v) is 4.77. The Morgan fingerprint density at radius 1 is 1.07 bits per heavy atom. The van der Waals surface area contributed by atoms with Crippen molar-refractivity contribution in [2.75, 3.05) is 13.1 Å². The minimum atomic E-state index is -0.960. The minimum absolute atomic E-state index is 0.141. The summed E-state index contributed by atoms with van der Waals surface area (Å²) < 4.78 is 0. The second kappa shape index (κ2) is 4.95. The number of nitrogens with zero attached hydrogens (tertiary/aromatic N) is 1. The highest BCUT2D eigenvalue weighted by molar-refractivity contribution is 5.72. The highest BCUT2D eigenvalue weighted by atomic mass is 16.4. The van der Waals surface area contributed by atoms with E-state index in [1.165, 1.54) is 4.90 Å². The molecular formula is C9H15NO4. The van der Waals surface area contributed by atoms with E-state index in [2.05, 4.69) is 0 Å². The Kier molecular flexibility index (Phi) is 3.88. The van der Waals surface area contributed by atoms with Crippen LogP contribution in [0.1, 0.15) is 25.7 Å². The Morgan fingerprint density at radius 2 is 1.50 bits per heavy atom. The normalized spacial score (nSPS) is 17.5. The molecule has 5 nitrogen and oxygen atoms in total. The Hall–Kier alpha value is -1.10. The van der Waals surface area contributed by atoms with Crippen LogP contribution in [0.25, 0.3) is 0 Å². The molecule has 0 unspecified atom stereocenters. The minimum Gasteiger partial charge on any atom is -0.480 e. The number of carboxylic acid groups (broad SMARTS) is 2. The molecule has 0 aliphatic heterocycles. The van der Waals surface area contributed by atoms with Gasteiger partial charge in [-0.05, 0) is 12.8 Å². The molecule has 0 aromatic rings. The molecule has 0 spiro atoms. The van der Waals surface area contributed by atoms with Crippen LogP contribution in [0.5, 0.6) is 0 Å². The van der Waals surface area contributed by atoms with Crippen LogP contribution >= 0.6 is 0 Å². The zero-order chi connectivity index (χ0) is 10.6. The molecular weight excluding hydrogens is 186 g/mol. The van der Waals surface area contributed by atoms with Gasteiger partial charge in [-0.3, -0.25) is 14.5 Å². The summed E-state index contributed by atoms with van der Waals surface area (Å²) in [4.78, 5) is 22.6. The lowest BCUT2D eigenvalue weighted by Crippen LogP contribution is -2.40. The highest BCUT2D eigenvalue weighted by Gasteiger charge is 2.25. The molecule has 0 heterocycles. The van der Waals surface area contributed by atoms with Crippen molar-refractivity contribution in [3.8, 4) is 0 Å². The zero-order valence-electron chi connectivity index (χ0n) is 7.98. The van der Waals surface area contributed by atoms with Crippen LogP contribution in [0.2, 0.25) is 0 Å². The van der Waals surface area contributed by atoms with Gasteiger partial charge in [0.2, 0.25) is 0 Å². The maximum absolute atomic E-state index is 10.5. The molecule has 1 saturated carbocycles. The summed E-state index contributed by atoms with van der Waals surface area (Å²) in [5.74, 6) is -1.92. The molecule has 0 aromatic carbocycles. The Morgan fingerprint density at radius 3 is 1.86 bits per heavy atom. The van der Waals surface area contributed by atoms with E-state index in [-0.39, 0.29) is 19.1 Å². The standard InChI is InChI=1S/C9H15NO4/c11-8(12)5-10(6-9(13)14)7-3-1-2-4-7/h7H,1-6H2,(H,11,12)(H,13,14). The zero-order valence-corrected chi connectivity index (χ0v) is 7.98. The Balaban J connectivity index is 2.50. The third-order valence-corrected chi connectivity index (χ3v) is 2.52. The van der Waals surface area contributed by atoms with Gasteiger partial charge in [0.05, 0.1) is 13.1 Å². The molecule has 5 heteroatoms. The second-order valence-corrected chi connectivity index (χ2v) is 3.63. The molecule has 1 aliphatic rings. The van der Waals surface area contributed by atoms with E-state index in [9.17, 15) is 9.59 Å². The van der Waals surface area contributed by atoms with Crippen molar-refractivity contribution in [3.05, 3.63) is 0 Å². The van der Waals surface area contributed by atoms with Gasteiger partial charge in [-0.15, -0.1) is 0 Å². The second-order valence-electron chi connectivity index (χ2n) is 3.63. The van der Waals surface area contributed by atoms with Gasteiger partial charge >= 0.3 is 11.9 Å². The molecule has 0 bridgehead atoms. The van der Waals surface area contributed by atoms with Crippen LogP contribution in [0.4, 0.5) is 0 Å². The van der Waals surface area contributed by atoms with Crippen LogP contribution in [-0.2, 0) is 9.59 Å². The van der Waals surface area contributed by atoms with Gasteiger partial charge in [-0.2, -0.15) is 0 Å². The van der Waals surface area contributed by atoms with Crippen LogP contribution in [0, 0.1) is 0 Å². The van der Waals surface area contributed by atoms with E-state index in [4.69, 9.17) is 10.2 Å². The molecule has 0 radical (unpaired) electrons. The fraction of sp³-hybridized carbons (Fsp3) is 0.778. The van der Waals surface area contributed by atoms with Gasteiger partial charge < -0.3 is 10.2 Å². The van der Waals surface area contributed by atoms with Crippen molar-refractivity contribution in [2.45, 2.75) is 31.7 Å². The monoisotopic (exact) mass is 201 g/mol. The SMILES string of the molecule is O=C(O)CN(CC(=O)O)C1CCCC1. The summed E-state index contributed by atoms with van der Waals surface area (Å²) in [6, 6.07) is 0.141. The summed E-state index contributed by atoms with van der Waals surface area (Å²) in [7, 11) is 0. The fourth-order valence-electron chi connectivity index (χ4n) is 1.93. The van der Waals surface area contributed by atoms with Crippen LogP contribution in [-0.4, -0.2) is 46.2 Å². The molecule has 0 saturated heterocycles. The third kappa shape index (κ3) is 3.33. The van der Waals surface area contributed by atoms with Crippen molar-refractivity contribution in [3.63, 3.8) is 0 Å². The summed E-state index contributed by atoms with van der Waals surface area (Å²) in [6.45, 7) is -0.339. The first kappa shape index (κ1) is 11.0. The molecule has 1 rings (SSSR count). The van der Waals surface area contributed by atoms with Gasteiger partial charge in [-0.1, -0.05) is 12.8 Å². The lowest BCUT2D eigenvalue weighted by Gasteiger charge is -2.24. The summed E-state index contributed by atoms with van der Waals surface area (Å²) in [6.07, 6.45) is 3.97. The molecule has 0 aromatic heterocycles. The third-order valence-electron chi connectivity index (χ3n) is 2.52. The van der Waals surface area contributed by atoms with Crippen molar-refractivity contribution in [1.82, 2.24) is 4.90 Å². The number of hydrogen-bond donors (Lipinski definition) is 2. The van der Waals surface area contributed by atoms with Crippen molar-refractivity contribution < 1.29 is 19.8 Å². The van der Waals surface area contributed by atoms with E-state index in [1.54, 1.807) is 0 Å². The van der Waals surface area contributed by atoms with Crippen molar-refractivity contribution in [2.24, 2.45) is 0 Å². The molecule has 14 heavy (non-hydrogen) atoms. The quantitative estimate of drug-likeness (QED) is 0.673. The van der Waals surface area contributed by atoms with E-state index in [0.29, 0.717) is 0 Å². The van der Waals surface area contributed by atoms with E-state index in [0.717, 1.165) is 25.7 Å². The van der Waals surface area contributed by atoms with Crippen molar-refractivity contribution in [1.29, 1.82) is 0 Å². The van der Waals surface area contributed by atoms with E-state index in [1.807, 2.05) is 0 Å². The van der Waals surface area contributed by atoms with Gasteiger partial charge in [0, 0.05) is 6.04 Å². The first-order valence-electron chi connectivity index (χ1n) is 4.77. The number of carboxylic acids is 2. The topological polar surface area (TPSA) is 77.8 Å². The first-order chi connectivity index (χ1) is 6.59. The number of aliphatic carboxylic acids is 2. The number of carbonyl (C=O) groups is 2. The van der Waals surface area contributed by atoms with Crippen LogP contribution < -0.4 is 0 Å². The summed E-state index contributed by atoms with van der Waals surface area (Å²) in [5.41, 5.74) is 0.